The van der Waals surface area contributed by atoms with Crippen molar-refractivity contribution >= 4 is 39.7 Å². The monoisotopic (exact) mass is 462 g/mol. The minimum absolute atomic E-state index is 0.0651. The number of carbonyl (C=O) groups excluding carboxylic acids is 1. The Morgan fingerprint density at radius 1 is 0.857 bits per heavy atom. The van der Waals surface area contributed by atoms with Crippen LogP contribution in [-0.4, -0.2) is 34.8 Å². The van der Waals surface area contributed by atoms with Crippen LogP contribution in [0.5, 0.6) is 0 Å². The molecule has 2 N–H and O–H groups in total. The molecule has 0 unspecified atom stereocenters. The van der Waals surface area contributed by atoms with Crippen LogP contribution in [0.4, 0.5) is 22.9 Å². The van der Waals surface area contributed by atoms with E-state index in [2.05, 4.69) is 37.9 Å². The van der Waals surface area contributed by atoms with E-state index in [0.717, 1.165) is 33.5 Å². The highest BCUT2D eigenvalue weighted by atomic mass is 16.1. The molecule has 5 rings (SSSR count). The van der Waals surface area contributed by atoms with Crippen molar-refractivity contribution < 1.29 is 4.79 Å². The summed E-state index contributed by atoms with van der Waals surface area (Å²) in [5.41, 5.74) is 4.73. The lowest BCUT2D eigenvalue weighted by molar-refractivity contribution is -0.115. The van der Waals surface area contributed by atoms with Gasteiger partial charge in [0.2, 0.25) is 5.91 Å². The molecule has 0 aliphatic rings. The van der Waals surface area contributed by atoms with Crippen LogP contribution in [0.2, 0.25) is 0 Å². The van der Waals surface area contributed by atoms with E-state index in [9.17, 15) is 4.79 Å². The summed E-state index contributed by atoms with van der Waals surface area (Å²) in [4.78, 5) is 14.7. The highest BCUT2D eigenvalue weighted by Crippen LogP contribution is 2.26. The van der Waals surface area contributed by atoms with Crippen LogP contribution >= 0.6 is 0 Å². The number of fused-ring (bicyclic) bond motifs is 1. The number of benzene rings is 3. The van der Waals surface area contributed by atoms with Gasteiger partial charge in [-0.05, 0) is 54.1 Å². The standard InChI is InChI=1S/C28H26N6O/c1-33(2)23-12-8-11-22(18-23)29-26-15-16-27(32-31-26)34-19-20(24-13-6-7-14-25(24)34)17-28(35)30-21-9-4-3-5-10-21/h3-16,18-19H,17H2,1-2H3,(H,29,31)(H,30,35). The number of amides is 1. The van der Waals surface area contributed by atoms with Crippen LogP contribution in [0.3, 0.4) is 0 Å². The van der Waals surface area contributed by atoms with E-state index in [1.807, 2.05) is 104 Å². The van der Waals surface area contributed by atoms with Gasteiger partial charge in [-0.15, -0.1) is 10.2 Å². The summed E-state index contributed by atoms with van der Waals surface area (Å²) in [5, 5.41) is 16.1. The average molecular weight is 463 g/mol. The lowest BCUT2D eigenvalue weighted by Gasteiger charge is -2.14. The Labute approximate surface area is 204 Å². The second-order valence-corrected chi connectivity index (χ2v) is 8.48. The van der Waals surface area contributed by atoms with E-state index in [1.165, 1.54) is 0 Å². The number of nitrogens with zero attached hydrogens (tertiary/aromatic N) is 4. The fourth-order valence-electron chi connectivity index (χ4n) is 4.01. The highest BCUT2D eigenvalue weighted by molar-refractivity contribution is 5.96. The number of carbonyl (C=O) groups is 1. The highest BCUT2D eigenvalue weighted by Gasteiger charge is 2.14. The maximum absolute atomic E-state index is 12.7. The number of hydrogen-bond acceptors (Lipinski definition) is 5. The van der Waals surface area contributed by atoms with Crippen molar-refractivity contribution in [3.63, 3.8) is 0 Å². The van der Waals surface area contributed by atoms with Gasteiger partial charge in [0.15, 0.2) is 11.6 Å². The molecule has 3 aromatic carbocycles. The first-order valence-electron chi connectivity index (χ1n) is 11.4. The predicted molar refractivity (Wildman–Crippen MR) is 142 cm³/mol. The Balaban J connectivity index is 1.38. The van der Waals surface area contributed by atoms with Crippen LogP contribution in [-0.2, 0) is 11.2 Å². The van der Waals surface area contributed by atoms with Gasteiger partial charge in [-0.3, -0.25) is 9.36 Å². The second-order valence-electron chi connectivity index (χ2n) is 8.48. The van der Waals surface area contributed by atoms with Gasteiger partial charge in [-0.1, -0.05) is 42.5 Å². The average Bonchev–Trinajstić information content (AvgIpc) is 3.23. The predicted octanol–water partition coefficient (Wildman–Crippen LogP) is 5.41. The van der Waals surface area contributed by atoms with Crippen molar-refractivity contribution in [2.24, 2.45) is 0 Å². The Hall–Kier alpha value is -4.65. The maximum Gasteiger partial charge on any atom is 0.228 e. The van der Waals surface area contributed by atoms with Crippen molar-refractivity contribution in [1.29, 1.82) is 0 Å². The maximum atomic E-state index is 12.7. The van der Waals surface area contributed by atoms with Gasteiger partial charge in [-0.2, -0.15) is 0 Å². The number of para-hydroxylation sites is 2. The van der Waals surface area contributed by atoms with E-state index < -0.39 is 0 Å². The van der Waals surface area contributed by atoms with Crippen molar-refractivity contribution in [3.8, 4) is 5.82 Å². The molecule has 2 aromatic heterocycles. The molecular formula is C28H26N6O. The largest absolute Gasteiger partial charge is 0.378 e. The fraction of sp³-hybridized carbons (Fsp3) is 0.107. The summed E-state index contributed by atoms with van der Waals surface area (Å²) in [5.74, 6) is 1.27. The zero-order valence-corrected chi connectivity index (χ0v) is 19.6. The van der Waals surface area contributed by atoms with Gasteiger partial charge >= 0.3 is 0 Å². The normalized spacial score (nSPS) is 10.8. The lowest BCUT2D eigenvalue weighted by atomic mass is 10.1. The summed E-state index contributed by atoms with van der Waals surface area (Å²) < 4.78 is 1.98. The molecule has 0 saturated heterocycles. The Morgan fingerprint density at radius 2 is 1.63 bits per heavy atom. The van der Waals surface area contributed by atoms with Gasteiger partial charge in [0.05, 0.1) is 11.9 Å². The molecule has 0 saturated carbocycles. The van der Waals surface area contributed by atoms with Crippen LogP contribution in [0.1, 0.15) is 5.56 Å². The summed E-state index contributed by atoms with van der Waals surface area (Å²) in [6.45, 7) is 0. The molecule has 0 radical (unpaired) electrons. The fourth-order valence-corrected chi connectivity index (χ4v) is 4.01. The second kappa shape index (κ2) is 9.69. The van der Waals surface area contributed by atoms with Crippen LogP contribution in [0.25, 0.3) is 16.7 Å². The molecule has 0 spiro atoms. The van der Waals surface area contributed by atoms with E-state index in [0.29, 0.717) is 11.6 Å². The first kappa shape index (κ1) is 22.2. The molecule has 35 heavy (non-hydrogen) atoms. The molecule has 2 heterocycles. The summed E-state index contributed by atoms with van der Waals surface area (Å²) in [7, 11) is 4.02. The molecule has 0 aliphatic carbocycles. The Bertz CT molecular complexity index is 1460. The molecule has 0 aliphatic heterocycles. The summed E-state index contributed by atoms with van der Waals surface area (Å²) >= 11 is 0. The van der Waals surface area contributed by atoms with E-state index in [-0.39, 0.29) is 12.3 Å². The molecule has 174 valence electrons. The quantitative estimate of drug-likeness (QED) is 0.338. The smallest absolute Gasteiger partial charge is 0.228 e. The van der Waals surface area contributed by atoms with Gasteiger partial charge in [0.1, 0.15) is 0 Å². The van der Waals surface area contributed by atoms with E-state index in [4.69, 9.17) is 0 Å². The van der Waals surface area contributed by atoms with Crippen molar-refractivity contribution in [3.05, 3.63) is 103 Å². The number of hydrogen-bond donors (Lipinski definition) is 2. The zero-order valence-electron chi connectivity index (χ0n) is 19.6. The molecule has 1 amide bonds. The van der Waals surface area contributed by atoms with Crippen molar-refractivity contribution in [2.75, 3.05) is 29.6 Å². The van der Waals surface area contributed by atoms with Crippen LogP contribution in [0, 0.1) is 0 Å². The van der Waals surface area contributed by atoms with Crippen LogP contribution < -0.4 is 15.5 Å². The third kappa shape index (κ3) is 4.99. The molecule has 7 heteroatoms. The number of nitrogens with one attached hydrogen (secondary N) is 2. The third-order valence-electron chi connectivity index (χ3n) is 5.74. The number of aromatic nitrogens is 3. The SMILES string of the molecule is CN(C)c1cccc(Nc2ccc(-n3cc(CC(=O)Nc4ccccc4)c4ccccc43)nn2)c1. The Kier molecular flexibility index (Phi) is 6.13. The van der Waals surface area contributed by atoms with Gasteiger partial charge in [-0.25, -0.2) is 0 Å². The van der Waals surface area contributed by atoms with Gasteiger partial charge < -0.3 is 15.5 Å². The minimum Gasteiger partial charge on any atom is -0.378 e. The zero-order chi connectivity index (χ0) is 24.2. The molecule has 0 bridgehead atoms. The molecule has 5 aromatic rings. The Morgan fingerprint density at radius 3 is 2.40 bits per heavy atom. The van der Waals surface area contributed by atoms with Crippen molar-refractivity contribution in [1.82, 2.24) is 14.8 Å². The first-order chi connectivity index (χ1) is 17.1. The lowest BCUT2D eigenvalue weighted by Crippen LogP contribution is -2.14. The molecule has 0 fully saturated rings. The minimum atomic E-state index is -0.0651. The number of rotatable bonds is 7. The van der Waals surface area contributed by atoms with Crippen LogP contribution in [0.15, 0.2) is 97.2 Å². The first-order valence-corrected chi connectivity index (χ1v) is 11.4. The molecule has 0 atom stereocenters. The third-order valence-corrected chi connectivity index (χ3v) is 5.74. The summed E-state index contributed by atoms with van der Waals surface area (Å²) in [6.07, 6.45) is 2.23. The van der Waals surface area contributed by atoms with Gasteiger partial charge in [0, 0.05) is 42.7 Å². The topological polar surface area (TPSA) is 75.1 Å². The van der Waals surface area contributed by atoms with Gasteiger partial charge in [0.25, 0.3) is 0 Å². The molecular weight excluding hydrogens is 436 g/mol. The molecule has 7 nitrogen and oxygen atoms in total. The van der Waals surface area contributed by atoms with E-state index in [1.54, 1.807) is 0 Å². The van der Waals surface area contributed by atoms with Crippen molar-refractivity contribution in [2.45, 2.75) is 6.42 Å². The summed E-state index contributed by atoms with van der Waals surface area (Å²) in [6, 6.07) is 29.4. The number of anilines is 4. The van der Waals surface area contributed by atoms with E-state index >= 15 is 0 Å².